The molecule has 0 aliphatic carbocycles. The fourth-order valence-electron chi connectivity index (χ4n) is 7.18. The second-order valence-corrected chi connectivity index (χ2v) is 15.2. The largest absolute Gasteiger partial charge is 0.463 e. The minimum Gasteiger partial charge on any atom is -0.463 e. The van der Waals surface area contributed by atoms with E-state index < -0.39 is 0 Å². The summed E-state index contributed by atoms with van der Waals surface area (Å²) in [6.45, 7) is 14.4. The van der Waals surface area contributed by atoms with Gasteiger partial charge in [-0.3, -0.25) is 4.79 Å². The molecule has 6 rings (SSSR count). The summed E-state index contributed by atoms with van der Waals surface area (Å²) in [5.74, 6) is -0.105. The Balaban J connectivity index is 1.32. The van der Waals surface area contributed by atoms with Crippen LogP contribution in [-0.2, 0) is 27.2 Å². The number of ketones is 1. The van der Waals surface area contributed by atoms with Crippen molar-refractivity contribution < 1.29 is 19.4 Å². The Morgan fingerprint density at radius 2 is 0.912 bits per heavy atom. The highest BCUT2D eigenvalue weighted by Crippen LogP contribution is 2.41. The standard InChI is InChI=1S/C51H54N2O4/c1-34-8-19-47(32-36(34)3)52(45-21-12-41(13-22-45)11-10-40(7)55)49-25-17-43(30-38(49)5)44-18-26-50(39(6)31-44)53(48-20-9-35(2)37(4)33-48)46-23-14-42(15-24-46)16-27-51(56)57-29-28-54/h8-9,12-15,17-26,30-33,54H,10-11,16,27-29H2,1-7H3. The van der Waals surface area contributed by atoms with Crippen LogP contribution in [0.1, 0.15) is 64.3 Å². The SMILES string of the molecule is CC(=O)CCc1ccc(N(c2ccc(C)c(C)c2)c2ccc(-c3ccc(N(c4ccc(CCC(=O)OCCO)cc4)c4ccc(C)c(C)c4)c(C)c3)cc2C)cc1. The molecule has 0 saturated heterocycles. The third-order valence-electron chi connectivity index (χ3n) is 10.8. The van der Waals surface area contributed by atoms with Gasteiger partial charge in [-0.25, -0.2) is 0 Å². The molecule has 0 bridgehead atoms. The van der Waals surface area contributed by atoms with Gasteiger partial charge in [-0.05, 0) is 190 Å². The minimum absolute atomic E-state index is 0.0263. The Kier molecular flexibility index (Phi) is 13.1. The van der Waals surface area contributed by atoms with E-state index in [1.165, 1.54) is 22.3 Å². The van der Waals surface area contributed by atoms with Gasteiger partial charge < -0.3 is 24.4 Å². The molecule has 6 nitrogen and oxygen atoms in total. The van der Waals surface area contributed by atoms with Gasteiger partial charge in [0, 0.05) is 47.0 Å². The first-order valence-electron chi connectivity index (χ1n) is 19.8. The fourth-order valence-corrected chi connectivity index (χ4v) is 7.18. The molecule has 6 heteroatoms. The molecule has 57 heavy (non-hydrogen) atoms. The Hall–Kier alpha value is -5.98. The fraction of sp³-hybridized carbons (Fsp3) is 0.255. The van der Waals surface area contributed by atoms with Crippen molar-refractivity contribution in [3.63, 3.8) is 0 Å². The molecular formula is C51H54N2O4. The van der Waals surface area contributed by atoms with Gasteiger partial charge in [-0.1, -0.05) is 48.5 Å². The average molecular weight is 759 g/mol. The van der Waals surface area contributed by atoms with Crippen LogP contribution < -0.4 is 9.80 Å². The number of aliphatic hydroxyl groups excluding tert-OH is 1. The lowest BCUT2D eigenvalue weighted by atomic mass is 9.98. The first kappa shape index (κ1) is 40.7. The third kappa shape index (κ3) is 9.89. The van der Waals surface area contributed by atoms with Gasteiger partial charge in [0.05, 0.1) is 6.61 Å². The van der Waals surface area contributed by atoms with E-state index in [2.05, 4.69) is 173 Å². The van der Waals surface area contributed by atoms with E-state index in [0.29, 0.717) is 12.8 Å². The predicted octanol–water partition coefficient (Wildman–Crippen LogP) is 12.1. The van der Waals surface area contributed by atoms with Gasteiger partial charge in [0.25, 0.3) is 0 Å². The molecular weight excluding hydrogens is 705 g/mol. The Bertz CT molecular complexity index is 2360. The van der Waals surface area contributed by atoms with Gasteiger partial charge in [-0.15, -0.1) is 0 Å². The van der Waals surface area contributed by atoms with Gasteiger partial charge in [0.15, 0.2) is 0 Å². The Labute approximate surface area is 338 Å². The van der Waals surface area contributed by atoms with E-state index in [4.69, 9.17) is 9.84 Å². The lowest BCUT2D eigenvalue weighted by Gasteiger charge is -2.29. The molecule has 0 spiro atoms. The number of ether oxygens (including phenoxy) is 1. The van der Waals surface area contributed by atoms with Crippen molar-refractivity contribution in [2.24, 2.45) is 0 Å². The van der Waals surface area contributed by atoms with Crippen molar-refractivity contribution in [3.05, 3.63) is 166 Å². The number of anilines is 6. The summed E-state index contributed by atoms with van der Waals surface area (Å²) >= 11 is 0. The normalized spacial score (nSPS) is 11.0. The van der Waals surface area contributed by atoms with Gasteiger partial charge in [0.1, 0.15) is 12.4 Å². The van der Waals surface area contributed by atoms with Crippen molar-refractivity contribution >= 4 is 45.9 Å². The predicted molar refractivity (Wildman–Crippen MR) is 235 cm³/mol. The first-order chi connectivity index (χ1) is 27.4. The van der Waals surface area contributed by atoms with Crippen molar-refractivity contribution in [2.75, 3.05) is 23.0 Å². The zero-order chi connectivity index (χ0) is 40.6. The number of rotatable bonds is 15. The third-order valence-corrected chi connectivity index (χ3v) is 10.8. The first-order valence-corrected chi connectivity index (χ1v) is 19.8. The molecule has 0 aromatic heterocycles. The maximum Gasteiger partial charge on any atom is 0.306 e. The topological polar surface area (TPSA) is 70.1 Å². The summed E-state index contributed by atoms with van der Waals surface area (Å²) in [5, 5.41) is 8.96. The van der Waals surface area contributed by atoms with Crippen LogP contribution in [0, 0.1) is 41.5 Å². The number of esters is 1. The Morgan fingerprint density at radius 3 is 1.30 bits per heavy atom. The van der Waals surface area contributed by atoms with Gasteiger partial charge in [-0.2, -0.15) is 0 Å². The number of aryl methyl sites for hydroxylation is 8. The van der Waals surface area contributed by atoms with Crippen molar-refractivity contribution in [3.8, 4) is 11.1 Å². The summed E-state index contributed by atoms with van der Waals surface area (Å²) in [6, 6.07) is 43.5. The summed E-state index contributed by atoms with van der Waals surface area (Å²) < 4.78 is 5.04. The van der Waals surface area contributed by atoms with Crippen molar-refractivity contribution in [1.29, 1.82) is 0 Å². The highest BCUT2D eigenvalue weighted by molar-refractivity contribution is 5.84. The number of benzene rings is 6. The summed E-state index contributed by atoms with van der Waals surface area (Å²) in [5.41, 5.74) is 18.2. The van der Waals surface area contributed by atoms with Gasteiger partial charge >= 0.3 is 5.97 Å². The van der Waals surface area contributed by atoms with Crippen molar-refractivity contribution in [2.45, 2.75) is 74.1 Å². The lowest BCUT2D eigenvalue weighted by molar-refractivity contribution is -0.144. The van der Waals surface area contributed by atoms with E-state index in [1.807, 2.05) is 0 Å². The highest BCUT2D eigenvalue weighted by atomic mass is 16.5. The molecule has 6 aromatic carbocycles. The molecule has 292 valence electrons. The summed E-state index contributed by atoms with van der Waals surface area (Å²) in [7, 11) is 0. The molecule has 0 unspecified atom stereocenters. The van der Waals surface area contributed by atoms with E-state index in [-0.39, 0.29) is 31.4 Å². The van der Waals surface area contributed by atoms with Crippen molar-refractivity contribution in [1.82, 2.24) is 0 Å². The number of hydrogen-bond acceptors (Lipinski definition) is 6. The monoisotopic (exact) mass is 758 g/mol. The molecule has 6 aromatic rings. The van der Waals surface area contributed by atoms with Crippen LogP contribution in [0.25, 0.3) is 11.1 Å². The van der Waals surface area contributed by atoms with Crippen LogP contribution in [0.2, 0.25) is 0 Å². The second-order valence-electron chi connectivity index (χ2n) is 15.2. The highest BCUT2D eigenvalue weighted by Gasteiger charge is 2.19. The molecule has 0 saturated carbocycles. The maximum absolute atomic E-state index is 12.0. The number of carbonyl (C=O) groups excluding carboxylic acids is 2. The number of nitrogens with zero attached hydrogens (tertiary/aromatic N) is 2. The molecule has 0 aliphatic rings. The molecule has 0 atom stereocenters. The van der Waals surface area contributed by atoms with E-state index in [0.717, 1.165) is 73.9 Å². The van der Waals surface area contributed by atoms with Crippen LogP contribution in [0.3, 0.4) is 0 Å². The van der Waals surface area contributed by atoms with Crippen LogP contribution in [-0.4, -0.2) is 30.1 Å². The zero-order valence-electron chi connectivity index (χ0n) is 34.4. The van der Waals surface area contributed by atoms with E-state index in [1.54, 1.807) is 6.92 Å². The molecule has 0 fully saturated rings. The lowest BCUT2D eigenvalue weighted by Crippen LogP contribution is -2.12. The molecule has 0 aliphatic heterocycles. The summed E-state index contributed by atoms with van der Waals surface area (Å²) in [6.07, 6.45) is 2.12. The number of Topliss-reactive ketones (excluding diaryl/α,β-unsaturated/α-hetero) is 1. The minimum atomic E-state index is -0.308. The zero-order valence-corrected chi connectivity index (χ0v) is 34.4. The number of aliphatic hydroxyl groups is 1. The summed E-state index contributed by atoms with van der Waals surface area (Å²) in [4.78, 5) is 28.3. The van der Waals surface area contributed by atoms with E-state index >= 15 is 0 Å². The van der Waals surface area contributed by atoms with Crippen LogP contribution >= 0.6 is 0 Å². The molecule has 0 amide bonds. The van der Waals surface area contributed by atoms with Crippen LogP contribution in [0.15, 0.2) is 121 Å². The van der Waals surface area contributed by atoms with Gasteiger partial charge in [0.2, 0.25) is 0 Å². The van der Waals surface area contributed by atoms with E-state index in [9.17, 15) is 9.59 Å². The quantitative estimate of drug-likeness (QED) is 0.105. The second kappa shape index (κ2) is 18.3. The molecule has 0 heterocycles. The molecule has 0 radical (unpaired) electrons. The Morgan fingerprint density at radius 1 is 0.491 bits per heavy atom. The number of carbonyl (C=O) groups is 2. The average Bonchev–Trinajstić information content (AvgIpc) is 3.20. The number of hydrogen-bond donors (Lipinski definition) is 1. The van der Waals surface area contributed by atoms with Crippen LogP contribution in [0.4, 0.5) is 34.1 Å². The maximum atomic E-state index is 12.0. The smallest absolute Gasteiger partial charge is 0.306 e. The van der Waals surface area contributed by atoms with Crippen LogP contribution in [0.5, 0.6) is 0 Å². The molecule has 1 N–H and O–H groups in total.